The van der Waals surface area contributed by atoms with Gasteiger partial charge in [0.05, 0.1) is 16.6 Å². The molecule has 3 rings (SSSR count). The van der Waals surface area contributed by atoms with Crippen LogP contribution in [0.3, 0.4) is 0 Å². The van der Waals surface area contributed by atoms with Crippen LogP contribution in [0.5, 0.6) is 0 Å². The van der Waals surface area contributed by atoms with Crippen molar-refractivity contribution in [3.63, 3.8) is 0 Å². The number of hydrogen-bond donors (Lipinski definition) is 0. The second kappa shape index (κ2) is 11.2. The van der Waals surface area contributed by atoms with Crippen molar-refractivity contribution in [2.45, 2.75) is 37.1 Å². The number of sulfone groups is 1. The van der Waals surface area contributed by atoms with E-state index in [1.165, 1.54) is 43.3 Å². The van der Waals surface area contributed by atoms with Crippen molar-refractivity contribution in [3.8, 4) is 0 Å². The SMILES string of the molecule is C[C@H](c1ccc(F)cc1CCCCS(C)(=O)=O)N(c1cc(F)ccc1F)S(=O)(=O)c1ccc(Cl)cc1. The summed E-state index contributed by atoms with van der Waals surface area (Å²) in [5.41, 5.74) is 0.297. The minimum atomic E-state index is -4.43. The van der Waals surface area contributed by atoms with Crippen molar-refractivity contribution in [1.29, 1.82) is 0 Å². The Labute approximate surface area is 214 Å². The molecule has 0 saturated heterocycles. The summed E-state index contributed by atoms with van der Waals surface area (Å²) in [7, 11) is -7.61. The molecule has 36 heavy (non-hydrogen) atoms. The van der Waals surface area contributed by atoms with Crippen LogP contribution in [-0.4, -0.2) is 28.8 Å². The van der Waals surface area contributed by atoms with Gasteiger partial charge in [-0.3, -0.25) is 4.31 Å². The van der Waals surface area contributed by atoms with Gasteiger partial charge in [-0.2, -0.15) is 0 Å². The van der Waals surface area contributed by atoms with Gasteiger partial charge in [0.25, 0.3) is 10.0 Å². The van der Waals surface area contributed by atoms with E-state index in [1.54, 1.807) is 0 Å². The van der Waals surface area contributed by atoms with E-state index in [4.69, 9.17) is 11.6 Å². The molecule has 0 aliphatic heterocycles. The summed E-state index contributed by atoms with van der Waals surface area (Å²) >= 11 is 5.90. The molecule has 0 amide bonds. The van der Waals surface area contributed by atoms with Gasteiger partial charge < -0.3 is 0 Å². The highest BCUT2D eigenvalue weighted by atomic mass is 35.5. The van der Waals surface area contributed by atoms with Crippen molar-refractivity contribution >= 4 is 37.1 Å². The van der Waals surface area contributed by atoms with Crippen LogP contribution in [0.25, 0.3) is 0 Å². The maximum Gasteiger partial charge on any atom is 0.264 e. The molecule has 5 nitrogen and oxygen atoms in total. The highest BCUT2D eigenvalue weighted by molar-refractivity contribution is 7.92. The molecule has 0 aromatic heterocycles. The zero-order chi connectivity index (χ0) is 26.7. The highest BCUT2D eigenvalue weighted by Crippen LogP contribution is 2.37. The lowest BCUT2D eigenvalue weighted by molar-refractivity contribution is 0.568. The largest absolute Gasteiger partial charge is 0.264 e. The van der Waals surface area contributed by atoms with Gasteiger partial charge in [-0.1, -0.05) is 17.7 Å². The number of sulfonamides is 1. The van der Waals surface area contributed by atoms with Gasteiger partial charge in [0.15, 0.2) is 0 Å². The smallest absolute Gasteiger partial charge is 0.256 e. The summed E-state index contributed by atoms with van der Waals surface area (Å²) in [6.07, 6.45) is 2.10. The van der Waals surface area contributed by atoms with Crippen LogP contribution in [0.4, 0.5) is 18.9 Å². The Morgan fingerprint density at radius 1 is 0.861 bits per heavy atom. The lowest BCUT2D eigenvalue weighted by Crippen LogP contribution is -2.35. The Morgan fingerprint density at radius 3 is 2.11 bits per heavy atom. The third-order valence-electron chi connectivity index (χ3n) is 5.63. The van der Waals surface area contributed by atoms with Gasteiger partial charge in [-0.25, -0.2) is 30.0 Å². The number of anilines is 1. The molecule has 0 fully saturated rings. The lowest BCUT2D eigenvalue weighted by Gasteiger charge is -2.32. The molecule has 0 spiro atoms. The second-order valence-electron chi connectivity index (χ2n) is 8.46. The Morgan fingerprint density at radius 2 is 1.47 bits per heavy atom. The average Bonchev–Trinajstić information content (AvgIpc) is 2.78. The van der Waals surface area contributed by atoms with E-state index in [0.29, 0.717) is 29.0 Å². The van der Waals surface area contributed by atoms with Gasteiger partial charge in [-0.05, 0) is 85.8 Å². The molecule has 194 valence electrons. The number of rotatable bonds is 10. The number of aryl methyl sites for hydroxylation is 1. The first-order valence-electron chi connectivity index (χ1n) is 11.0. The predicted molar refractivity (Wildman–Crippen MR) is 135 cm³/mol. The van der Waals surface area contributed by atoms with Gasteiger partial charge in [-0.15, -0.1) is 0 Å². The number of hydrogen-bond acceptors (Lipinski definition) is 4. The Bertz CT molecular complexity index is 1450. The maximum atomic E-state index is 14.9. The molecular formula is C25H25ClF3NO4S2. The first kappa shape index (κ1) is 28.0. The summed E-state index contributed by atoms with van der Waals surface area (Å²) in [6.45, 7) is 1.49. The summed E-state index contributed by atoms with van der Waals surface area (Å²) in [5, 5.41) is 0.292. The van der Waals surface area contributed by atoms with E-state index in [-0.39, 0.29) is 17.1 Å². The Hall–Kier alpha value is -2.56. The van der Waals surface area contributed by atoms with Crippen LogP contribution in [-0.2, 0) is 26.3 Å². The van der Waals surface area contributed by atoms with Gasteiger partial charge in [0.1, 0.15) is 27.3 Å². The minimum absolute atomic E-state index is 0.0429. The fourth-order valence-corrected chi connectivity index (χ4v) is 6.42. The van der Waals surface area contributed by atoms with Crippen molar-refractivity contribution in [2.75, 3.05) is 16.3 Å². The zero-order valence-electron chi connectivity index (χ0n) is 19.6. The van der Waals surface area contributed by atoms with Crippen LogP contribution in [0.2, 0.25) is 5.02 Å². The van der Waals surface area contributed by atoms with Crippen LogP contribution in [0.1, 0.15) is 36.9 Å². The topological polar surface area (TPSA) is 71.5 Å². The molecule has 0 saturated carbocycles. The third-order valence-corrected chi connectivity index (χ3v) is 8.82. The molecule has 1 atom stereocenters. The molecular weight excluding hydrogens is 535 g/mol. The van der Waals surface area contributed by atoms with Crippen LogP contribution < -0.4 is 4.31 Å². The number of halogens is 4. The van der Waals surface area contributed by atoms with Gasteiger partial charge in [0.2, 0.25) is 0 Å². The predicted octanol–water partition coefficient (Wildman–Crippen LogP) is 6.08. The lowest BCUT2D eigenvalue weighted by atomic mass is 9.97. The summed E-state index contributed by atoms with van der Waals surface area (Å²) < 4.78 is 94.3. The number of unbranched alkanes of at least 4 members (excludes halogenated alkanes) is 1. The van der Waals surface area contributed by atoms with E-state index in [1.807, 2.05) is 0 Å². The number of nitrogens with zero attached hydrogens (tertiary/aromatic N) is 1. The van der Waals surface area contributed by atoms with Crippen LogP contribution in [0, 0.1) is 17.5 Å². The van der Waals surface area contributed by atoms with Gasteiger partial charge >= 0.3 is 0 Å². The van der Waals surface area contributed by atoms with E-state index < -0.39 is 49.0 Å². The summed E-state index contributed by atoms with van der Waals surface area (Å²) in [6, 6.07) is 10.4. The molecule has 0 N–H and O–H groups in total. The van der Waals surface area contributed by atoms with Crippen molar-refractivity contribution < 1.29 is 30.0 Å². The van der Waals surface area contributed by atoms with E-state index in [9.17, 15) is 30.0 Å². The molecule has 0 aliphatic carbocycles. The molecule has 0 heterocycles. The van der Waals surface area contributed by atoms with Crippen LogP contribution >= 0.6 is 11.6 Å². The van der Waals surface area contributed by atoms with Crippen LogP contribution in [0.15, 0.2) is 65.6 Å². The van der Waals surface area contributed by atoms with Crippen molar-refractivity contribution in [3.05, 3.63) is 94.3 Å². The fraction of sp³-hybridized carbons (Fsp3) is 0.280. The van der Waals surface area contributed by atoms with E-state index in [2.05, 4.69) is 0 Å². The molecule has 3 aromatic rings. The molecule has 0 aliphatic rings. The highest BCUT2D eigenvalue weighted by Gasteiger charge is 2.33. The molecule has 0 unspecified atom stereocenters. The standard InChI is InChI=1S/C25H25ClF3NO4S2/c1-17(23-12-8-20(27)15-18(23)5-3-4-14-35(2,31)32)30(25-16-21(28)9-13-24(25)29)36(33,34)22-10-6-19(26)7-11-22/h6-13,15-17H,3-5,14H2,1-2H3/t17-/m1/s1. The first-order chi connectivity index (χ1) is 16.8. The number of benzene rings is 3. The maximum absolute atomic E-state index is 14.9. The summed E-state index contributed by atoms with van der Waals surface area (Å²) in [5.74, 6) is -2.40. The first-order valence-corrected chi connectivity index (χ1v) is 14.9. The van der Waals surface area contributed by atoms with Crippen molar-refractivity contribution in [2.24, 2.45) is 0 Å². The molecule has 0 bridgehead atoms. The molecule has 0 radical (unpaired) electrons. The van der Waals surface area contributed by atoms with Gasteiger partial charge in [0, 0.05) is 23.1 Å². The fourth-order valence-electron chi connectivity index (χ4n) is 3.93. The Kier molecular flexibility index (Phi) is 8.74. The monoisotopic (exact) mass is 559 g/mol. The zero-order valence-corrected chi connectivity index (χ0v) is 22.0. The van der Waals surface area contributed by atoms with E-state index in [0.717, 1.165) is 34.8 Å². The van der Waals surface area contributed by atoms with E-state index >= 15 is 0 Å². The molecule has 11 heteroatoms. The third kappa shape index (κ3) is 6.80. The summed E-state index contributed by atoms with van der Waals surface area (Å²) in [4.78, 5) is -0.195. The average molecular weight is 560 g/mol. The second-order valence-corrected chi connectivity index (χ2v) is 13.0. The molecule has 3 aromatic carbocycles. The minimum Gasteiger partial charge on any atom is -0.256 e. The van der Waals surface area contributed by atoms with Crippen molar-refractivity contribution in [1.82, 2.24) is 0 Å². The quantitative estimate of drug-likeness (QED) is 0.282. The normalized spacial score (nSPS) is 12.9. The Balaban J connectivity index is 2.10.